The zero-order valence-electron chi connectivity index (χ0n) is 21.8. The van der Waals surface area contributed by atoms with Crippen molar-refractivity contribution < 1.29 is 29.3 Å². The number of allylic oxidation sites excluding steroid dienone is 4. The van der Waals surface area contributed by atoms with Crippen LogP contribution in [0.25, 0.3) is 0 Å². The molecule has 0 heterocycles. The van der Waals surface area contributed by atoms with Gasteiger partial charge in [0.25, 0.3) is 0 Å². The number of ether oxygens (including phenoxy) is 1. The number of hydrogen-bond acceptors (Lipinski definition) is 7. The molecular formula is C28H40ClNO6. The zero-order chi connectivity index (χ0) is 25.8. The average molecular weight is 522 g/mol. The number of esters is 1. The van der Waals surface area contributed by atoms with E-state index < -0.39 is 40.9 Å². The molecule has 0 aromatic rings. The second kappa shape index (κ2) is 10.2. The summed E-state index contributed by atoms with van der Waals surface area (Å²) in [4.78, 5) is 39.6. The first-order valence-corrected chi connectivity index (χ1v) is 12.9. The number of carbonyl (C=O) groups excluding carboxylic acids is 3. The summed E-state index contributed by atoms with van der Waals surface area (Å²) in [6.07, 6.45) is 6.71. The molecule has 0 unspecified atom stereocenters. The van der Waals surface area contributed by atoms with Crippen LogP contribution in [0.1, 0.15) is 53.4 Å². The smallest absolute Gasteiger partial charge is 0.320 e. The number of halogens is 1. The van der Waals surface area contributed by atoms with Gasteiger partial charge in [-0.1, -0.05) is 45.9 Å². The Hall–Kier alpha value is -1.80. The predicted octanol–water partition coefficient (Wildman–Crippen LogP) is 3.04. The van der Waals surface area contributed by atoms with Crippen LogP contribution < -0.4 is 0 Å². The lowest BCUT2D eigenvalue weighted by molar-refractivity contribution is -0.176. The van der Waals surface area contributed by atoms with E-state index in [0.717, 1.165) is 18.4 Å². The van der Waals surface area contributed by atoms with Crippen molar-refractivity contribution in [2.24, 2.45) is 28.6 Å². The van der Waals surface area contributed by atoms with Gasteiger partial charge in [0.1, 0.15) is 0 Å². The van der Waals surface area contributed by atoms with Crippen molar-refractivity contribution in [3.63, 3.8) is 0 Å². The third kappa shape index (κ3) is 4.22. The second-order valence-electron chi connectivity index (χ2n) is 11.3. The van der Waals surface area contributed by atoms with Gasteiger partial charge in [-0.25, -0.2) is 0 Å². The number of carbonyl (C=O) groups is 3. The first-order chi connectivity index (χ1) is 16.4. The van der Waals surface area contributed by atoms with Gasteiger partial charge in [0, 0.05) is 16.7 Å². The fourth-order valence-corrected chi connectivity index (χ4v) is 7.72. The van der Waals surface area contributed by atoms with Gasteiger partial charge in [0.15, 0.2) is 18.0 Å². The molecule has 0 aromatic heterocycles. The highest BCUT2D eigenvalue weighted by molar-refractivity contribution is 6.01. The SMILES string of the molecule is C=C1C[C@H]2[C@@H]3CCC4=CC(=O)C=C[C@]4(C)[C@H]3[C@@H](O)C[C@]2(C)[C@@]1(O)C(=O)COC(=O)CN(CC)CC.Cl. The van der Waals surface area contributed by atoms with E-state index in [-0.39, 0.29) is 48.9 Å². The fourth-order valence-electron chi connectivity index (χ4n) is 7.72. The molecule has 36 heavy (non-hydrogen) atoms. The van der Waals surface area contributed by atoms with Gasteiger partial charge in [-0.2, -0.15) is 0 Å². The first-order valence-electron chi connectivity index (χ1n) is 12.9. The number of likely N-dealkylation sites (N-methyl/N-ethyl adjacent to an activating group) is 1. The number of ketones is 2. The fraction of sp³-hybridized carbons (Fsp3) is 0.679. The van der Waals surface area contributed by atoms with Gasteiger partial charge in [-0.15, -0.1) is 12.4 Å². The molecule has 0 radical (unpaired) electrons. The van der Waals surface area contributed by atoms with Crippen LogP contribution in [0.3, 0.4) is 0 Å². The number of hydrogen-bond donors (Lipinski definition) is 2. The van der Waals surface area contributed by atoms with Crippen LogP contribution in [0, 0.1) is 28.6 Å². The van der Waals surface area contributed by atoms with E-state index in [1.165, 1.54) is 0 Å². The standard InChI is InChI=1S/C28H39NO6.ClH/c1-6-29(7-2)15-24(33)35-16-23(32)28(34)17(3)12-21-20-9-8-18-13-19(30)10-11-26(18,4)25(20)22(31)14-27(21,28)5;/h10-11,13,20-22,25,31,34H,3,6-9,12,14-16H2,1-2,4-5H3;1H/t20-,21-,22-,25+,26-,27-,28-;/m0./s1. The molecular weight excluding hydrogens is 482 g/mol. The van der Waals surface area contributed by atoms with E-state index in [0.29, 0.717) is 25.1 Å². The van der Waals surface area contributed by atoms with Crippen molar-refractivity contribution >= 4 is 29.9 Å². The molecule has 0 aromatic carbocycles. The van der Waals surface area contributed by atoms with Crippen molar-refractivity contribution in [3.8, 4) is 0 Å². The molecule has 4 rings (SSSR count). The van der Waals surface area contributed by atoms with Crippen molar-refractivity contribution in [2.75, 3.05) is 26.2 Å². The number of rotatable bonds is 7. The van der Waals surface area contributed by atoms with Crippen LogP contribution in [-0.2, 0) is 19.1 Å². The minimum atomic E-state index is -1.87. The van der Waals surface area contributed by atoms with Crippen molar-refractivity contribution in [1.82, 2.24) is 4.90 Å². The van der Waals surface area contributed by atoms with Gasteiger partial charge in [-0.3, -0.25) is 19.3 Å². The summed E-state index contributed by atoms with van der Waals surface area (Å²) in [6.45, 7) is 12.9. The lowest BCUT2D eigenvalue weighted by atomic mass is 9.46. The maximum absolute atomic E-state index is 13.4. The van der Waals surface area contributed by atoms with Crippen molar-refractivity contribution in [1.29, 1.82) is 0 Å². The molecule has 0 bridgehead atoms. The average Bonchev–Trinajstić information content (AvgIpc) is 3.02. The lowest BCUT2D eigenvalue weighted by Gasteiger charge is -2.59. The monoisotopic (exact) mass is 521 g/mol. The molecule has 0 amide bonds. The minimum absolute atomic E-state index is 0. The van der Waals surface area contributed by atoms with Gasteiger partial charge in [0.05, 0.1) is 12.6 Å². The number of aliphatic hydroxyl groups excluding tert-OH is 1. The Morgan fingerprint density at radius 1 is 1.25 bits per heavy atom. The summed E-state index contributed by atoms with van der Waals surface area (Å²) in [6, 6.07) is 0. The number of Topliss-reactive ketones (excluding diaryl/α,β-unsaturated/α-hetero) is 1. The summed E-state index contributed by atoms with van der Waals surface area (Å²) < 4.78 is 5.28. The van der Waals surface area contributed by atoms with E-state index in [1.54, 1.807) is 12.2 Å². The Bertz CT molecular complexity index is 1000. The van der Waals surface area contributed by atoms with Gasteiger partial charge < -0.3 is 14.9 Å². The van der Waals surface area contributed by atoms with Crippen LogP contribution in [-0.4, -0.2) is 70.6 Å². The molecule has 4 aliphatic rings. The third-order valence-electron chi connectivity index (χ3n) is 9.71. The highest BCUT2D eigenvalue weighted by Crippen LogP contribution is 2.68. The maximum atomic E-state index is 13.4. The topological polar surface area (TPSA) is 104 Å². The number of aliphatic hydroxyl groups is 2. The molecule has 2 N–H and O–H groups in total. The molecule has 0 spiro atoms. The number of nitrogens with zero attached hydrogens (tertiary/aromatic N) is 1. The Morgan fingerprint density at radius 2 is 1.92 bits per heavy atom. The summed E-state index contributed by atoms with van der Waals surface area (Å²) in [5.41, 5.74) is -1.72. The van der Waals surface area contributed by atoms with Gasteiger partial charge in [0.2, 0.25) is 5.78 Å². The Balaban J connectivity index is 0.00000361. The van der Waals surface area contributed by atoms with Crippen molar-refractivity contribution in [3.05, 3.63) is 36.0 Å². The quantitative estimate of drug-likeness (QED) is 0.392. The van der Waals surface area contributed by atoms with Gasteiger partial charge >= 0.3 is 5.97 Å². The summed E-state index contributed by atoms with van der Waals surface area (Å²) in [7, 11) is 0. The van der Waals surface area contributed by atoms with Crippen LogP contribution in [0.15, 0.2) is 36.0 Å². The molecule has 4 aliphatic carbocycles. The summed E-state index contributed by atoms with van der Waals surface area (Å²) in [5.74, 6) is -1.19. The normalized spacial score (nSPS) is 39.0. The maximum Gasteiger partial charge on any atom is 0.320 e. The highest BCUT2D eigenvalue weighted by Gasteiger charge is 2.69. The van der Waals surface area contributed by atoms with Gasteiger partial charge in [-0.05, 0) is 68.3 Å². The largest absolute Gasteiger partial charge is 0.457 e. The molecule has 0 aliphatic heterocycles. The molecule has 3 fully saturated rings. The summed E-state index contributed by atoms with van der Waals surface area (Å²) in [5, 5.41) is 23.3. The Morgan fingerprint density at radius 3 is 2.56 bits per heavy atom. The Labute approximate surface area is 220 Å². The highest BCUT2D eigenvalue weighted by atomic mass is 35.5. The third-order valence-corrected chi connectivity index (χ3v) is 9.71. The number of fused-ring (bicyclic) bond motifs is 5. The molecule has 3 saturated carbocycles. The van der Waals surface area contributed by atoms with Crippen LogP contribution in [0.4, 0.5) is 0 Å². The molecule has 8 heteroatoms. The molecule has 200 valence electrons. The van der Waals surface area contributed by atoms with Crippen LogP contribution >= 0.6 is 12.4 Å². The molecule has 7 atom stereocenters. The molecule has 0 saturated heterocycles. The second-order valence-corrected chi connectivity index (χ2v) is 11.3. The first kappa shape index (κ1) is 28.8. The van der Waals surface area contributed by atoms with E-state index in [4.69, 9.17) is 4.74 Å². The van der Waals surface area contributed by atoms with E-state index >= 15 is 0 Å². The minimum Gasteiger partial charge on any atom is -0.457 e. The lowest BCUT2D eigenvalue weighted by Crippen LogP contribution is -2.62. The van der Waals surface area contributed by atoms with Crippen molar-refractivity contribution in [2.45, 2.75) is 65.1 Å². The summed E-state index contributed by atoms with van der Waals surface area (Å²) >= 11 is 0. The van der Waals surface area contributed by atoms with E-state index in [2.05, 4.69) is 13.5 Å². The van der Waals surface area contributed by atoms with Crippen LogP contribution in [0.5, 0.6) is 0 Å². The van der Waals surface area contributed by atoms with E-state index in [9.17, 15) is 24.6 Å². The predicted molar refractivity (Wildman–Crippen MR) is 138 cm³/mol. The Kier molecular flexibility index (Phi) is 8.12. The molecule has 7 nitrogen and oxygen atoms in total. The van der Waals surface area contributed by atoms with E-state index in [1.807, 2.05) is 31.7 Å². The zero-order valence-corrected chi connectivity index (χ0v) is 22.6. The van der Waals surface area contributed by atoms with Crippen LogP contribution in [0.2, 0.25) is 0 Å².